The van der Waals surface area contributed by atoms with Gasteiger partial charge in [0.05, 0.1) is 12.6 Å². The third-order valence-corrected chi connectivity index (χ3v) is 1.83. The second-order valence-electron chi connectivity index (χ2n) is 2.79. The summed E-state index contributed by atoms with van der Waals surface area (Å²) in [7, 11) is 0. The van der Waals surface area contributed by atoms with Crippen LogP contribution in [-0.4, -0.2) is 11.7 Å². The number of nitrogens with two attached hydrogens (primary N) is 1. The lowest BCUT2D eigenvalue weighted by Gasteiger charge is -2.11. The zero-order chi connectivity index (χ0) is 9.14. The number of hydrogen-bond acceptors (Lipinski definition) is 2. The number of aryl methyl sites for hydroxylation is 1. The maximum Gasteiger partial charge on any atom is 0.123 e. The molecule has 0 aliphatic rings. The molecule has 0 spiro atoms. The van der Waals surface area contributed by atoms with E-state index < -0.39 is 6.04 Å². The highest BCUT2D eigenvalue weighted by molar-refractivity contribution is 5.29. The van der Waals surface area contributed by atoms with Crippen molar-refractivity contribution in [3.8, 4) is 0 Å². The largest absolute Gasteiger partial charge is 0.394 e. The van der Waals surface area contributed by atoms with Crippen LogP contribution in [0.15, 0.2) is 18.2 Å². The molecule has 0 bridgehead atoms. The monoisotopic (exact) mass is 169 g/mol. The van der Waals surface area contributed by atoms with Crippen LogP contribution in [0, 0.1) is 12.7 Å². The lowest BCUT2D eigenvalue weighted by molar-refractivity contribution is 0.267. The summed E-state index contributed by atoms with van der Waals surface area (Å²) in [5, 5.41) is 8.76. The number of benzene rings is 1. The highest BCUT2D eigenvalue weighted by atomic mass is 19.1. The fourth-order valence-electron chi connectivity index (χ4n) is 1.15. The van der Waals surface area contributed by atoms with E-state index >= 15 is 0 Å². The van der Waals surface area contributed by atoms with Crippen LogP contribution < -0.4 is 5.73 Å². The van der Waals surface area contributed by atoms with Crippen LogP contribution in [0.25, 0.3) is 0 Å². The van der Waals surface area contributed by atoms with Crippen molar-refractivity contribution < 1.29 is 9.50 Å². The van der Waals surface area contributed by atoms with Crippen LogP contribution in [0.2, 0.25) is 0 Å². The van der Waals surface area contributed by atoms with Gasteiger partial charge in [0.2, 0.25) is 0 Å². The first kappa shape index (κ1) is 9.16. The molecule has 0 amide bonds. The summed E-state index contributed by atoms with van der Waals surface area (Å²) < 4.78 is 12.6. The van der Waals surface area contributed by atoms with Gasteiger partial charge >= 0.3 is 0 Å². The van der Waals surface area contributed by atoms with Gasteiger partial charge < -0.3 is 10.8 Å². The minimum absolute atomic E-state index is 0.119. The quantitative estimate of drug-likeness (QED) is 0.697. The van der Waals surface area contributed by atoms with Crippen molar-refractivity contribution in [2.45, 2.75) is 13.0 Å². The Bertz CT molecular complexity index is 275. The van der Waals surface area contributed by atoms with Gasteiger partial charge in [-0.3, -0.25) is 0 Å². The van der Waals surface area contributed by atoms with Crippen LogP contribution in [0.1, 0.15) is 17.2 Å². The molecule has 0 unspecified atom stereocenters. The molecule has 2 nitrogen and oxygen atoms in total. The first-order valence-corrected chi connectivity index (χ1v) is 3.77. The summed E-state index contributed by atoms with van der Waals surface area (Å²) in [6.07, 6.45) is 0. The number of hydrogen-bond donors (Lipinski definition) is 2. The van der Waals surface area contributed by atoms with E-state index in [1.54, 1.807) is 13.0 Å². The number of aliphatic hydroxyl groups excluding tert-OH is 1. The second kappa shape index (κ2) is 3.65. The van der Waals surface area contributed by atoms with Gasteiger partial charge in [0, 0.05) is 0 Å². The van der Waals surface area contributed by atoms with Gasteiger partial charge in [0.25, 0.3) is 0 Å². The van der Waals surface area contributed by atoms with Gasteiger partial charge in [-0.05, 0) is 30.2 Å². The van der Waals surface area contributed by atoms with Crippen molar-refractivity contribution in [1.82, 2.24) is 0 Å². The minimum Gasteiger partial charge on any atom is -0.394 e. The van der Waals surface area contributed by atoms with Gasteiger partial charge in [-0.2, -0.15) is 0 Å². The highest BCUT2D eigenvalue weighted by Gasteiger charge is 2.07. The van der Waals surface area contributed by atoms with Crippen LogP contribution in [0.4, 0.5) is 4.39 Å². The molecule has 0 aliphatic carbocycles. The molecule has 66 valence electrons. The standard InChI is InChI=1S/C9H12FNO/c1-6-4-7(10)2-3-8(6)9(11)5-12/h2-4,9,12H,5,11H2,1H3/t9-/m1/s1. The maximum atomic E-state index is 12.6. The molecular weight excluding hydrogens is 157 g/mol. The third kappa shape index (κ3) is 1.81. The van der Waals surface area contributed by atoms with Gasteiger partial charge in [-0.25, -0.2) is 4.39 Å². The molecule has 0 aliphatic heterocycles. The Morgan fingerprint density at radius 2 is 2.25 bits per heavy atom. The lowest BCUT2D eigenvalue weighted by atomic mass is 10.0. The predicted molar refractivity (Wildman–Crippen MR) is 45.2 cm³/mol. The lowest BCUT2D eigenvalue weighted by Crippen LogP contribution is -2.15. The second-order valence-corrected chi connectivity index (χ2v) is 2.79. The Morgan fingerprint density at radius 1 is 1.58 bits per heavy atom. The van der Waals surface area contributed by atoms with E-state index in [2.05, 4.69) is 0 Å². The molecule has 1 aromatic rings. The van der Waals surface area contributed by atoms with Crippen LogP contribution in [0.3, 0.4) is 0 Å². The molecule has 1 aromatic carbocycles. The SMILES string of the molecule is Cc1cc(F)ccc1[C@H](N)CO. The molecule has 0 fully saturated rings. The van der Waals surface area contributed by atoms with E-state index in [1.807, 2.05) is 0 Å². The molecule has 0 heterocycles. The van der Waals surface area contributed by atoms with Crippen molar-refractivity contribution in [3.05, 3.63) is 35.1 Å². The summed E-state index contributed by atoms with van der Waals surface area (Å²) in [6.45, 7) is 1.65. The Labute approximate surface area is 70.8 Å². The van der Waals surface area contributed by atoms with Crippen LogP contribution >= 0.6 is 0 Å². The van der Waals surface area contributed by atoms with Gasteiger partial charge in [0.15, 0.2) is 0 Å². The summed E-state index contributed by atoms with van der Waals surface area (Å²) in [6, 6.07) is 3.94. The maximum absolute atomic E-state index is 12.6. The normalized spacial score (nSPS) is 13.0. The molecule has 0 aromatic heterocycles. The summed E-state index contributed by atoms with van der Waals surface area (Å²) >= 11 is 0. The number of aliphatic hydroxyl groups is 1. The average Bonchev–Trinajstić information content (AvgIpc) is 2.03. The zero-order valence-electron chi connectivity index (χ0n) is 6.92. The first-order valence-electron chi connectivity index (χ1n) is 3.77. The number of halogens is 1. The van der Waals surface area contributed by atoms with E-state index in [0.717, 1.165) is 11.1 Å². The Kier molecular flexibility index (Phi) is 2.78. The van der Waals surface area contributed by atoms with E-state index in [9.17, 15) is 4.39 Å². The van der Waals surface area contributed by atoms with Gasteiger partial charge in [0.1, 0.15) is 5.82 Å². The molecule has 1 rings (SSSR count). The van der Waals surface area contributed by atoms with Crippen molar-refractivity contribution in [1.29, 1.82) is 0 Å². The molecule has 0 saturated heterocycles. The van der Waals surface area contributed by atoms with Crippen LogP contribution in [-0.2, 0) is 0 Å². The predicted octanol–water partition coefficient (Wildman–Crippen LogP) is 1.13. The Balaban J connectivity index is 3.01. The summed E-state index contributed by atoms with van der Waals surface area (Å²) in [5.74, 6) is -0.276. The molecule has 3 heteroatoms. The zero-order valence-corrected chi connectivity index (χ0v) is 6.92. The molecular formula is C9H12FNO. The molecule has 12 heavy (non-hydrogen) atoms. The van der Waals surface area contributed by atoms with E-state index in [0.29, 0.717) is 0 Å². The number of rotatable bonds is 2. The van der Waals surface area contributed by atoms with Crippen molar-refractivity contribution >= 4 is 0 Å². The van der Waals surface area contributed by atoms with Crippen molar-refractivity contribution in [2.24, 2.45) is 5.73 Å². The Hall–Kier alpha value is -0.930. The van der Waals surface area contributed by atoms with Crippen molar-refractivity contribution in [3.63, 3.8) is 0 Å². The highest BCUT2D eigenvalue weighted by Crippen LogP contribution is 2.15. The van der Waals surface area contributed by atoms with Gasteiger partial charge in [-0.1, -0.05) is 6.07 Å². The third-order valence-electron chi connectivity index (χ3n) is 1.83. The topological polar surface area (TPSA) is 46.2 Å². The fourth-order valence-corrected chi connectivity index (χ4v) is 1.15. The Morgan fingerprint density at radius 3 is 2.75 bits per heavy atom. The molecule has 1 atom stereocenters. The average molecular weight is 169 g/mol. The van der Waals surface area contributed by atoms with E-state index in [-0.39, 0.29) is 12.4 Å². The molecule has 0 radical (unpaired) electrons. The smallest absolute Gasteiger partial charge is 0.123 e. The van der Waals surface area contributed by atoms with Crippen molar-refractivity contribution in [2.75, 3.05) is 6.61 Å². The summed E-state index contributed by atoms with van der Waals surface area (Å²) in [4.78, 5) is 0. The van der Waals surface area contributed by atoms with E-state index in [4.69, 9.17) is 10.8 Å². The van der Waals surface area contributed by atoms with Gasteiger partial charge in [-0.15, -0.1) is 0 Å². The fraction of sp³-hybridized carbons (Fsp3) is 0.333. The first-order chi connectivity index (χ1) is 5.65. The van der Waals surface area contributed by atoms with Crippen LogP contribution in [0.5, 0.6) is 0 Å². The molecule has 0 saturated carbocycles. The summed E-state index contributed by atoms with van der Waals surface area (Å²) in [5.41, 5.74) is 7.14. The minimum atomic E-state index is -0.411. The van der Waals surface area contributed by atoms with E-state index in [1.165, 1.54) is 12.1 Å². The molecule has 3 N–H and O–H groups in total.